The number of para-hydroxylation sites is 1. The fourth-order valence-corrected chi connectivity index (χ4v) is 4.26. The predicted octanol–water partition coefficient (Wildman–Crippen LogP) is 4.23. The maximum Gasteiger partial charge on any atom is 0.327 e. The van der Waals surface area contributed by atoms with Crippen LogP contribution in [0, 0.1) is 5.82 Å². The molecule has 4 nitrogen and oxygen atoms in total. The van der Waals surface area contributed by atoms with Crippen LogP contribution >= 0.6 is 0 Å². The van der Waals surface area contributed by atoms with Crippen LogP contribution in [0.3, 0.4) is 0 Å². The zero-order chi connectivity index (χ0) is 20.9. The van der Waals surface area contributed by atoms with Gasteiger partial charge in [0.15, 0.2) is 11.6 Å². The van der Waals surface area contributed by atoms with Crippen LogP contribution in [0.2, 0.25) is 0 Å². The van der Waals surface area contributed by atoms with Crippen LogP contribution in [0.5, 0.6) is 5.75 Å². The van der Waals surface area contributed by atoms with Crippen molar-refractivity contribution in [2.24, 2.45) is 0 Å². The van der Waals surface area contributed by atoms with Crippen LogP contribution < -0.4 is 4.74 Å². The van der Waals surface area contributed by atoms with Crippen molar-refractivity contribution >= 4 is 17.5 Å². The van der Waals surface area contributed by atoms with Gasteiger partial charge in [-0.05, 0) is 36.3 Å². The molecule has 1 aliphatic heterocycles. The molecule has 1 atom stereocenters. The molecule has 30 heavy (non-hydrogen) atoms. The van der Waals surface area contributed by atoms with E-state index in [2.05, 4.69) is 0 Å². The molecule has 146 valence electrons. The number of ketones is 2. The number of rotatable bonds is 3. The summed E-state index contributed by atoms with van der Waals surface area (Å²) in [6.45, 7) is 0. The molecule has 0 amide bonds. The zero-order valence-electron chi connectivity index (χ0n) is 15.7. The number of fused-ring (bicyclic) bond motifs is 2. The van der Waals surface area contributed by atoms with E-state index in [1.165, 1.54) is 18.2 Å². The highest BCUT2D eigenvalue weighted by Gasteiger charge is 2.55. The molecule has 5 heteroatoms. The van der Waals surface area contributed by atoms with Crippen molar-refractivity contribution in [1.82, 2.24) is 0 Å². The van der Waals surface area contributed by atoms with E-state index in [1.807, 2.05) is 0 Å². The number of halogens is 1. The van der Waals surface area contributed by atoms with Gasteiger partial charge in [0.05, 0.1) is 0 Å². The summed E-state index contributed by atoms with van der Waals surface area (Å²) in [6, 6.07) is 19.1. The molecule has 1 heterocycles. The summed E-state index contributed by atoms with van der Waals surface area (Å²) >= 11 is 0. The lowest BCUT2D eigenvalue weighted by Crippen LogP contribution is -2.42. The fraction of sp³-hybridized carbons (Fsp3) is 0.0800. The van der Waals surface area contributed by atoms with Gasteiger partial charge in [-0.1, -0.05) is 54.6 Å². The van der Waals surface area contributed by atoms with E-state index in [0.29, 0.717) is 22.4 Å². The SMILES string of the molecule is O=C1C=C([C@]2(Cc3ccc(F)cc3)C(=O)Oc3ccccc32)C(=O)c2ccccc21. The summed E-state index contributed by atoms with van der Waals surface area (Å²) in [4.78, 5) is 39.6. The van der Waals surface area contributed by atoms with Crippen LogP contribution in [-0.4, -0.2) is 17.5 Å². The van der Waals surface area contributed by atoms with E-state index >= 15 is 0 Å². The second kappa shape index (κ2) is 6.59. The zero-order valence-corrected chi connectivity index (χ0v) is 15.7. The molecule has 0 fully saturated rings. The van der Waals surface area contributed by atoms with E-state index in [4.69, 9.17) is 4.74 Å². The minimum Gasteiger partial charge on any atom is -0.425 e. The highest BCUT2D eigenvalue weighted by molar-refractivity contribution is 6.27. The van der Waals surface area contributed by atoms with Gasteiger partial charge in [-0.2, -0.15) is 0 Å². The summed E-state index contributed by atoms with van der Waals surface area (Å²) in [7, 11) is 0. The van der Waals surface area contributed by atoms with Gasteiger partial charge < -0.3 is 4.74 Å². The Labute approximate surface area is 171 Å². The standard InChI is InChI=1S/C25H15FO4/c26-16-11-9-15(10-12-16)14-25(19-7-3-4-8-22(19)30-24(25)29)20-13-21(27)17-5-1-2-6-18(17)23(20)28/h1-13H,14H2/t25-/m1/s1. The molecular weight excluding hydrogens is 383 g/mol. The smallest absolute Gasteiger partial charge is 0.327 e. The van der Waals surface area contributed by atoms with Gasteiger partial charge in [0.1, 0.15) is 17.0 Å². The lowest BCUT2D eigenvalue weighted by molar-refractivity contribution is -0.136. The number of hydrogen-bond donors (Lipinski definition) is 0. The second-order valence-electron chi connectivity index (χ2n) is 7.39. The number of benzene rings is 3. The Morgan fingerprint density at radius 3 is 2.23 bits per heavy atom. The molecule has 0 unspecified atom stereocenters. The Kier molecular flexibility index (Phi) is 4.00. The van der Waals surface area contributed by atoms with Crippen LogP contribution in [-0.2, 0) is 16.6 Å². The number of ether oxygens (including phenoxy) is 1. The molecule has 0 bridgehead atoms. The van der Waals surface area contributed by atoms with Crippen LogP contribution in [0.4, 0.5) is 4.39 Å². The monoisotopic (exact) mass is 398 g/mol. The van der Waals surface area contributed by atoms with Crippen molar-refractivity contribution in [3.63, 3.8) is 0 Å². The largest absolute Gasteiger partial charge is 0.425 e. The van der Waals surface area contributed by atoms with Crippen molar-refractivity contribution in [2.45, 2.75) is 11.8 Å². The van der Waals surface area contributed by atoms with Crippen LogP contribution in [0.25, 0.3) is 0 Å². The second-order valence-corrected chi connectivity index (χ2v) is 7.39. The third kappa shape index (κ3) is 2.55. The number of carbonyl (C=O) groups is 3. The van der Waals surface area contributed by atoms with Gasteiger partial charge >= 0.3 is 5.97 Å². The van der Waals surface area contributed by atoms with Crippen molar-refractivity contribution in [2.75, 3.05) is 0 Å². The Bertz CT molecular complexity index is 1260. The van der Waals surface area contributed by atoms with Crippen molar-refractivity contribution in [3.05, 3.63) is 113 Å². The first-order valence-electron chi connectivity index (χ1n) is 9.47. The van der Waals surface area contributed by atoms with Gasteiger partial charge in [0, 0.05) is 22.3 Å². The first kappa shape index (κ1) is 18.2. The van der Waals surface area contributed by atoms with Crippen molar-refractivity contribution in [3.8, 4) is 5.75 Å². The molecule has 0 aromatic heterocycles. The average Bonchev–Trinajstić information content (AvgIpc) is 3.04. The Morgan fingerprint density at radius 2 is 1.47 bits per heavy atom. The minimum absolute atomic E-state index is 0.0656. The van der Waals surface area contributed by atoms with Gasteiger partial charge in [0.25, 0.3) is 0 Å². The normalized spacial score (nSPS) is 19.8. The maximum atomic E-state index is 13.5. The maximum absolute atomic E-state index is 13.5. The van der Waals surface area contributed by atoms with Crippen LogP contribution in [0.1, 0.15) is 31.8 Å². The molecule has 2 aliphatic rings. The van der Waals surface area contributed by atoms with Crippen molar-refractivity contribution in [1.29, 1.82) is 0 Å². The Balaban J connectivity index is 1.74. The molecule has 0 spiro atoms. The quantitative estimate of drug-likeness (QED) is 0.489. The van der Waals surface area contributed by atoms with E-state index in [0.717, 1.165) is 0 Å². The average molecular weight is 398 g/mol. The van der Waals surface area contributed by atoms with Gasteiger partial charge in [-0.25, -0.2) is 4.39 Å². The molecule has 1 aliphatic carbocycles. The molecule has 0 radical (unpaired) electrons. The van der Waals surface area contributed by atoms with Crippen LogP contribution in [0.15, 0.2) is 84.4 Å². The molecule has 5 rings (SSSR count). The van der Waals surface area contributed by atoms with Gasteiger partial charge in [-0.15, -0.1) is 0 Å². The number of Topliss-reactive ketones (excluding diaryl/α,β-unsaturated/α-hetero) is 1. The van der Waals surface area contributed by atoms with Crippen molar-refractivity contribution < 1.29 is 23.5 Å². The molecule has 0 N–H and O–H groups in total. The predicted molar refractivity (Wildman–Crippen MR) is 107 cm³/mol. The number of allylic oxidation sites excluding steroid dienone is 1. The molecule has 3 aromatic carbocycles. The van der Waals surface area contributed by atoms with E-state index < -0.39 is 17.2 Å². The third-order valence-electron chi connectivity index (χ3n) is 5.70. The number of esters is 1. The molecule has 0 saturated heterocycles. The summed E-state index contributed by atoms with van der Waals surface area (Å²) in [6.07, 6.45) is 1.31. The topological polar surface area (TPSA) is 60.4 Å². The Morgan fingerprint density at radius 1 is 0.800 bits per heavy atom. The third-order valence-corrected chi connectivity index (χ3v) is 5.70. The van der Waals surface area contributed by atoms with E-state index in [9.17, 15) is 18.8 Å². The molecular formula is C25H15FO4. The minimum atomic E-state index is -1.49. The Hall–Kier alpha value is -3.86. The number of carbonyl (C=O) groups excluding carboxylic acids is 3. The summed E-state index contributed by atoms with van der Waals surface area (Å²) in [5.74, 6) is -1.40. The lowest BCUT2D eigenvalue weighted by atomic mass is 9.66. The molecule has 0 saturated carbocycles. The molecule has 3 aromatic rings. The highest BCUT2D eigenvalue weighted by atomic mass is 19.1. The van der Waals surface area contributed by atoms with Gasteiger partial charge in [0.2, 0.25) is 0 Å². The fourth-order valence-electron chi connectivity index (χ4n) is 4.26. The van der Waals surface area contributed by atoms with Gasteiger partial charge in [-0.3, -0.25) is 14.4 Å². The summed E-state index contributed by atoms with van der Waals surface area (Å²) < 4.78 is 19.0. The summed E-state index contributed by atoms with van der Waals surface area (Å²) in [5, 5.41) is 0. The first-order valence-corrected chi connectivity index (χ1v) is 9.47. The number of hydrogen-bond acceptors (Lipinski definition) is 4. The first-order chi connectivity index (χ1) is 14.5. The highest BCUT2D eigenvalue weighted by Crippen LogP contribution is 2.48. The van der Waals surface area contributed by atoms with E-state index in [1.54, 1.807) is 60.7 Å². The summed E-state index contributed by atoms with van der Waals surface area (Å²) in [5.41, 5.74) is 0.314. The van der Waals surface area contributed by atoms with E-state index in [-0.39, 0.29) is 29.1 Å². The lowest BCUT2D eigenvalue weighted by Gasteiger charge is -2.30.